The average Bonchev–Trinajstić information content (AvgIpc) is 3.53. The van der Waals surface area contributed by atoms with E-state index in [1.807, 2.05) is 0 Å². The van der Waals surface area contributed by atoms with Gasteiger partial charge in [-0.25, -0.2) is 0 Å². The van der Waals surface area contributed by atoms with Crippen LogP contribution in [0.2, 0.25) is 5.02 Å². The van der Waals surface area contributed by atoms with Crippen molar-refractivity contribution in [2.24, 2.45) is 5.10 Å². The number of hydrogen-bond acceptors (Lipinski definition) is 6. The van der Waals surface area contributed by atoms with Crippen LogP contribution < -0.4 is 19.8 Å². The summed E-state index contributed by atoms with van der Waals surface area (Å²) in [6.07, 6.45) is 2.51. The highest BCUT2D eigenvalue weighted by molar-refractivity contribution is 8.00. The summed E-state index contributed by atoms with van der Waals surface area (Å²) in [4.78, 5) is 14.4. The number of nitrogens with two attached hydrogens (primary N) is 1. The first-order chi connectivity index (χ1) is 14.5. The van der Waals surface area contributed by atoms with Crippen molar-refractivity contribution in [3.05, 3.63) is 47.5 Å². The summed E-state index contributed by atoms with van der Waals surface area (Å²) in [5.41, 5.74) is 3.31. The zero-order valence-electron chi connectivity index (χ0n) is 16.4. The van der Waals surface area contributed by atoms with Gasteiger partial charge >= 0.3 is 0 Å². The molecule has 0 atom stereocenters. The summed E-state index contributed by atoms with van der Waals surface area (Å²) in [5, 5.41) is 13.8. The lowest BCUT2D eigenvalue weighted by molar-refractivity contribution is -0.577. The molecule has 1 aliphatic heterocycles. The van der Waals surface area contributed by atoms with Crippen LogP contribution in [-0.4, -0.2) is 42.2 Å². The third-order valence-electron chi connectivity index (χ3n) is 4.76. The number of nitrogens with one attached hydrogen (secondary N) is 1. The number of anilines is 1. The summed E-state index contributed by atoms with van der Waals surface area (Å²) in [7, 11) is 1.57. The number of thioether (sulfide) groups is 1. The molecule has 1 saturated heterocycles. The third kappa shape index (κ3) is 4.77. The Morgan fingerprint density at radius 2 is 2.00 bits per heavy atom. The topological polar surface area (TPSA) is 91.6 Å². The first-order valence-electron chi connectivity index (χ1n) is 9.54. The van der Waals surface area contributed by atoms with Gasteiger partial charge in [0.1, 0.15) is 5.94 Å². The highest BCUT2D eigenvalue weighted by atomic mass is 35.5. The molecule has 0 bridgehead atoms. The number of carbonyl (C=O) groups is 1. The Labute approximate surface area is 183 Å². The summed E-state index contributed by atoms with van der Waals surface area (Å²) >= 11 is 7.68. The molecular weight excluding hydrogens is 424 g/mol. The normalized spacial score (nSPS) is 17.7. The Morgan fingerprint density at radius 3 is 2.70 bits per heavy atom. The Bertz CT molecular complexity index is 992. The molecule has 3 N–H and O–H groups in total. The Kier molecular flexibility index (Phi) is 6.26. The molecule has 2 aliphatic rings. The van der Waals surface area contributed by atoms with Crippen LogP contribution in [0.1, 0.15) is 12.8 Å². The smallest absolute Gasteiger partial charge is 0.284 e. The number of ether oxygens (including phenoxy) is 2. The van der Waals surface area contributed by atoms with E-state index < -0.39 is 0 Å². The molecule has 0 spiro atoms. The lowest BCUT2D eigenvalue weighted by Crippen LogP contribution is -2.72. The van der Waals surface area contributed by atoms with Crippen LogP contribution in [0.15, 0.2) is 47.6 Å². The largest absolute Gasteiger partial charge is 0.493 e. The fraction of sp³-hybridized carbons (Fsp3) is 0.286. The van der Waals surface area contributed by atoms with E-state index in [4.69, 9.17) is 26.5 Å². The molecule has 2 aromatic rings. The highest BCUT2D eigenvalue weighted by Gasteiger charge is 2.35. The monoisotopic (exact) mass is 445 g/mol. The van der Waals surface area contributed by atoms with Crippen LogP contribution in [0.5, 0.6) is 11.5 Å². The number of methoxy groups -OCH3 is 1. The van der Waals surface area contributed by atoms with Gasteiger partial charge in [0.25, 0.3) is 5.91 Å². The molecule has 30 heavy (non-hydrogen) atoms. The minimum absolute atomic E-state index is 0.130. The maximum Gasteiger partial charge on any atom is 0.284 e. The molecule has 1 heterocycles. The summed E-state index contributed by atoms with van der Waals surface area (Å²) in [6, 6.07) is 12.5. The van der Waals surface area contributed by atoms with Gasteiger partial charge in [-0.15, -0.1) is 11.8 Å². The predicted octanol–water partition coefficient (Wildman–Crippen LogP) is 3.20. The zero-order chi connectivity index (χ0) is 21.1. The van der Waals surface area contributed by atoms with Crippen molar-refractivity contribution in [2.75, 3.05) is 24.5 Å². The fourth-order valence-corrected chi connectivity index (χ4v) is 3.95. The Morgan fingerprint density at radius 1 is 1.23 bits per heavy atom. The van der Waals surface area contributed by atoms with Crippen molar-refractivity contribution in [3.8, 4) is 11.5 Å². The number of nitrogens with zero attached hydrogens (tertiary/aromatic N) is 2. The lowest BCUT2D eigenvalue weighted by Gasteiger charge is -2.17. The average molecular weight is 446 g/mol. The second-order valence-corrected chi connectivity index (χ2v) is 8.66. The molecule has 4 rings (SSSR count). The van der Waals surface area contributed by atoms with Gasteiger partial charge in [0.05, 0.1) is 19.4 Å². The van der Waals surface area contributed by atoms with E-state index in [-0.39, 0.29) is 23.9 Å². The molecule has 9 heteroatoms. The van der Waals surface area contributed by atoms with Crippen LogP contribution in [0.3, 0.4) is 0 Å². The molecule has 1 amide bonds. The van der Waals surface area contributed by atoms with E-state index in [0.717, 1.165) is 5.69 Å². The Hall–Kier alpha value is -2.55. The number of amides is 1. The fourth-order valence-electron chi connectivity index (χ4n) is 2.96. The van der Waals surface area contributed by atoms with E-state index in [9.17, 15) is 4.79 Å². The van der Waals surface area contributed by atoms with Crippen molar-refractivity contribution in [2.45, 2.75) is 18.1 Å². The van der Waals surface area contributed by atoms with E-state index in [1.54, 1.807) is 66.8 Å². The molecule has 156 valence electrons. The predicted molar refractivity (Wildman–Crippen MR) is 120 cm³/mol. The number of halogens is 1. The molecule has 0 radical (unpaired) electrons. The van der Waals surface area contributed by atoms with Gasteiger partial charge in [-0.05, 0) is 37.1 Å². The second-order valence-electron chi connectivity index (χ2n) is 6.99. The van der Waals surface area contributed by atoms with Crippen molar-refractivity contribution >= 4 is 52.1 Å². The Balaban J connectivity index is 1.46. The molecule has 7 nitrogen and oxygen atoms in total. The summed E-state index contributed by atoms with van der Waals surface area (Å²) < 4.78 is 11.3. The van der Waals surface area contributed by atoms with Gasteiger partial charge in [-0.2, -0.15) is 5.43 Å². The van der Waals surface area contributed by atoms with Crippen molar-refractivity contribution in [1.82, 2.24) is 0 Å². The van der Waals surface area contributed by atoms with Crippen LogP contribution >= 0.6 is 23.4 Å². The molecular formula is C21H22ClN4O3S+. The maximum atomic E-state index is 12.9. The minimum atomic E-state index is -0.315. The molecule has 1 saturated carbocycles. The third-order valence-corrected chi connectivity index (χ3v) is 6.21. The molecule has 2 fully saturated rings. The van der Waals surface area contributed by atoms with Crippen LogP contribution in [-0.2, 0) is 4.79 Å². The maximum absolute atomic E-state index is 12.9. The van der Waals surface area contributed by atoms with Crippen LogP contribution in [0, 0.1) is 5.41 Å². The number of carbonyl (C=O) groups excluding carboxylic acids is 1. The quantitative estimate of drug-likeness (QED) is 0.282. The standard InChI is InChI=1S/C21H21ClN4O3S/c1-28-19-10-15(6-9-18(19)29-12-30-16-7-8-16)26-11-17(23)20(21(26)27)25-24-14-4-2-13(22)3-5-14/h2-6,9-10,16,23-24H,7-8,11-12H2,1H3/p+1. The van der Waals surface area contributed by atoms with Gasteiger partial charge in [0, 0.05) is 34.2 Å². The van der Waals surface area contributed by atoms with Gasteiger partial charge in [0.2, 0.25) is 5.71 Å². The van der Waals surface area contributed by atoms with E-state index in [0.29, 0.717) is 33.4 Å². The van der Waals surface area contributed by atoms with Gasteiger partial charge in [-0.3, -0.25) is 4.79 Å². The first kappa shape index (κ1) is 20.7. The van der Waals surface area contributed by atoms with Crippen molar-refractivity contribution < 1.29 is 19.7 Å². The van der Waals surface area contributed by atoms with Gasteiger partial charge < -0.3 is 19.8 Å². The van der Waals surface area contributed by atoms with E-state index >= 15 is 0 Å². The molecule has 1 aliphatic carbocycles. The zero-order valence-corrected chi connectivity index (χ0v) is 18.0. The lowest BCUT2D eigenvalue weighted by atomic mass is 10.2. The second kappa shape index (κ2) is 9.07. The van der Waals surface area contributed by atoms with Crippen molar-refractivity contribution in [1.29, 1.82) is 5.41 Å². The number of benzene rings is 2. The number of quaternary nitrogens is 1. The molecule has 2 aromatic carbocycles. The van der Waals surface area contributed by atoms with Crippen LogP contribution in [0.25, 0.3) is 0 Å². The van der Waals surface area contributed by atoms with E-state index in [2.05, 4.69) is 5.10 Å². The SMILES string of the molecule is COc1cc(N2CC(=N)C(=N[NH2+]c3ccc(Cl)cc3)C2=O)ccc1OCSC1CC1. The molecule has 0 aromatic heterocycles. The van der Waals surface area contributed by atoms with Crippen molar-refractivity contribution in [3.63, 3.8) is 0 Å². The first-order valence-corrected chi connectivity index (χ1v) is 11.0. The highest BCUT2D eigenvalue weighted by Crippen LogP contribution is 2.37. The number of rotatable bonds is 8. The van der Waals surface area contributed by atoms with Gasteiger partial charge in [0.15, 0.2) is 17.2 Å². The number of hydrogen-bond donors (Lipinski definition) is 2. The van der Waals surface area contributed by atoms with Gasteiger partial charge in [-0.1, -0.05) is 16.7 Å². The van der Waals surface area contributed by atoms with E-state index in [1.165, 1.54) is 17.7 Å². The summed E-state index contributed by atoms with van der Waals surface area (Å²) in [6.45, 7) is 0.160. The summed E-state index contributed by atoms with van der Waals surface area (Å²) in [5.74, 6) is 1.46. The molecule has 0 unspecified atom stereocenters. The minimum Gasteiger partial charge on any atom is -0.493 e. The van der Waals surface area contributed by atoms with Crippen LogP contribution in [0.4, 0.5) is 11.4 Å².